The molecule has 0 unspecified atom stereocenters. The molecule has 1 aliphatic carbocycles. The monoisotopic (exact) mass is 399 g/mol. The molecule has 150 valence electrons. The summed E-state index contributed by atoms with van der Waals surface area (Å²) in [7, 11) is 0. The topological polar surface area (TPSA) is 84.0 Å². The fraction of sp³-hybridized carbons (Fsp3) is 0.217. The Morgan fingerprint density at radius 1 is 1.17 bits per heavy atom. The van der Waals surface area contributed by atoms with Crippen LogP contribution in [-0.2, 0) is 11.2 Å². The van der Waals surface area contributed by atoms with Crippen LogP contribution in [0.4, 0.5) is 11.6 Å². The first kappa shape index (κ1) is 18.3. The molecule has 5 rings (SSSR count). The normalized spacial score (nSPS) is 15.2. The summed E-state index contributed by atoms with van der Waals surface area (Å²) >= 11 is 0. The van der Waals surface area contributed by atoms with Gasteiger partial charge in [-0.3, -0.25) is 5.10 Å². The van der Waals surface area contributed by atoms with E-state index < -0.39 is 0 Å². The van der Waals surface area contributed by atoms with Gasteiger partial charge >= 0.3 is 5.97 Å². The van der Waals surface area contributed by atoms with E-state index >= 15 is 0 Å². The predicted octanol–water partition coefficient (Wildman–Crippen LogP) is 4.36. The molecule has 2 heterocycles. The first-order valence-corrected chi connectivity index (χ1v) is 10.0. The fourth-order valence-electron chi connectivity index (χ4n) is 4.06. The number of benzene rings is 2. The van der Waals surface area contributed by atoms with Gasteiger partial charge in [-0.2, -0.15) is 10.1 Å². The van der Waals surface area contributed by atoms with Gasteiger partial charge in [0.15, 0.2) is 5.65 Å². The van der Waals surface area contributed by atoms with Gasteiger partial charge in [-0.25, -0.2) is 9.78 Å². The van der Waals surface area contributed by atoms with E-state index in [4.69, 9.17) is 9.72 Å². The second-order valence-electron chi connectivity index (χ2n) is 7.23. The predicted molar refractivity (Wildman–Crippen MR) is 114 cm³/mol. The van der Waals surface area contributed by atoms with Crippen LogP contribution in [0.1, 0.15) is 40.9 Å². The molecule has 1 N–H and O–H groups in total. The molecule has 7 nitrogen and oxygen atoms in total. The average molecular weight is 399 g/mol. The van der Waals surface area contributed by atoms with Gasteiger partial charge in [0.05, 0.1) is 29.8 Å². The van der Waals surface area contributed by atoms with Crippen molar-refractivity contribution in [1.82, 2.24) is 20.2 Å². The van der Waals surface area contributed by atoms with Crippen molar-refractivity contribution < 1.29 is 9.53 Å². The maximum atomic E-state index is 12.1. The van der Waals surface area contributed by atoms with E-state index in [0.717, 1.165) is 23.9 Å². The van der Waals surface area contributed by atoms with Crippen LogP contribution in [0.3, 0.4) is 0 Å². The van der Waals surface area contributed by atoms with Gasteiger partial charge in [0.1, 0.15) is 0 Å². The molecule has 0 aliphatic heterocycles. The Morgan fingerprint density at radius 3 is 2.83 bits per heavy atom. The SMILES string of the molecule is CCOC(=O)c1ccc(N(c2ncc3cn[nH]c3n2)[C@H]2CCc3ccccc32)cc1. The van der Waals surface area contributed by atoms with Crippen LogP contribution < -0.4 is 4.90 Å². The van der Waals surface area contributed by atoms with Crippen molar-refractivity contribution in [3.05, 3.63) is 77.6 Å². The van der Waals surface area contributed by atoms with Crippen LogP contribution >= 0.6 is 0 Å². The summed E-state index contributed by atoms with van der Waals surface area (Å²) in [6.45, 7) is 2.15. The van der Waals surface area contributed by atoms with Crippen molar-refractivity contribution in [2.45, 2.75) is 25.8 Å². The molecule has 2 aromatic carbocycles. The first-order chi connectivity index (χ1) is 14.7. The number of rotatable bonds is 5. The molecule has 0 fully saturated rings. The number of aromatic nitrogens is 4. The number of fused-ring (bicyclic) bond motifs is 2. The first-order valence-electron chi connectivity index (χ1n) is 10.0. The number of hydrogen-bond donors (Lipinski definition) is 1. The third kappa shape index (κ3) is 3.18. The molecule has 1 aliphatic rings. The molecule has 30 heavy (non-hydrogen) atoms. The lowest BCUT2D eigenvalue weighted by Crippen LogP contribution is -2.24. The van der Waals surface area contributed by atoms with Crippen molar-refractivity contribution in [3.63, 3.8) is 0 Å². The van der Waals surface area contributed by atoms with Crippen molar-refractivity contribution in [3.8, 4) is 0 Å². The minimum absolute atomic E-state index is 0.106. The van der Waals surface area contributed by atoms with Crippen molar-refractivity contribution in [2.75, 3.05) is 11.5 Å². The second kappa shape index (κ2) is 7.59. The Bertz CT molecular complexity index is 1200. The highest BCUT2D eigenvalue weighted by atomic mass is 16.5. The molecule has 0 amide bonds. The van der Waals surface area contributed by atoms with Crippen molar-refractivity contribution in [2.24, 2.45) is 0 Å². The van der Waals surface area contributed by atoms with Gasteiger partial charge in [0.25, 0.3) is 0 Å². The number of ether oxygens (including phenoxy) is 1. The minimum Gasteiger partial charge on any atom is -0.462 e. The van der Waals surface area contributed by atoms with E-state index in [-0.39, 0.29) is 12.0 Å². The average Bonchev–Trinajstić information content (AvgIpc) is 3.42. The van der Waals surface area contributed by atoms with Gasteiger partial charge in [-0.15, -0.1) is 0 Å². The number of aromatic amines is 1. The number of esters is 1. The molecule has 4 aromatic rings. The minimum atomic E-state index is -0.322. The number of H-pyrrole nitrogens is 1. The van der Waals surface area contributed by atoms with Crippen LogP contribution in [0.25, 0.3) is 11.0 Å². The maximum absolute atomic E-state index is 12.1. The van der Waals surface area contributed by atoms with Gasteiger partial charge in [0.2, 0.25) is 5.95 Å². The van der Waals surface area contributed by atoms with Crippen LogP contribution in [-0.4, -0.2) is 32.7 Å². The number of carbonyl (C=O) groups is 1. The number of carbonyl (C=O) groups excluding carboxylic acids is 1. The summed E-state index contributed by atoms with van der Waals surface area (Å²) in [5, 5.41) is 7.85. The molecule has 0 spiro atoms. The van der Waals surface area contributed by atoms with Gasteiger partial charge in [-0.05, 0) is 55.2 Å². The van der Waals surface area contributed by atoms with Crippen molar-refractivity contribution in [1.29, 1.82) is 0 Å². The Balaban J connectivity index is 1.59. The third-order valence-corrected chi connectivity index (χ3v) is 5.46. The Morgan fingerprint density at radius 2 is 2.00 bits per heavy atom. The molecular formula is C23H21N5O2. The van der Waals surface area contributed by atoms with Crippen LogP contribution in [0.15, 0.2) is 60.9 Å². The van der Waals surface area contributed by atoms with Crippen molar-refractivity contribution >= 4 is 28.6 Å². The number of nitrogens with zero attached hydrogens (tertiary/aromatic N) is 4. The molecule has 1 atom stereocenters. The second-order valence-corrected chi connectivity index (χ2v) is 7.23. The zero-order valence-corrected chi connectivity index (χ0v) is 16.6. The lowest BCUT2D eigenvalue weighted by molar-refractivity contribution is 0.0526. The smallest absolute Gasteiger partial charge is 0.338 e. The Kier molecular flexibility index (Phi) is 4.63. The molecule has 2 aromatic heterocycles. The lowest BCUT2D eigenvalue weighted by atomic mass is 10.1. The zero-order chi connectivity index (χ0) is 20.5. The number of hydrogen-bond acceptors (Lipinski definition) is 6. The summed E-state index contributed by atoms with van der Waals surface area (Å²) < 4.78 is 5.11. The van der Waals surface area contributed by atoms with Gasteiger partial charge in [0, 0.05) is 11.9 Å². The third-order valence-electron chi connectivity index (χ3n) is 5.46. The number of nitrogens with one attached hydrogen (secondary N) is 1. The lowest BCUT2D eigenvalue weighted by Gasteiger charge is -2.30. The Hall–Kier alpha value is -3.74. The van der Waals surface area contributed by atoms with Crippen LogP contribution in [0, 0.1) is 0 Å². The molecule has 7 heteroatoms. The molecule has 0 saturated carbocycles. The van der Waals surface area contributed by atoms with Gasteiger partial charge in [-0.1, -0.05) is 24.3 Å². The summed E-state index contributed by atoms with van der Waals surface area (Å²) in [6.07, 6.45) is 5.46. The number of anilines is 2. The highest BCUT2D eigenvalue weighted by molar-refractivity contribution is 5.90. The quantitative estimate of drug-likeness (QED) is 0.502. The summed E-state index contributed by atoms with van der Waals surface area (Å²) in [6, 6.07) is 16.0. The van der Waals surface area contributed by atoms with Gasteiger partial charge < -0.3 is 9.64 Å². The Labute approximate surface area is 173 Å². The zero-order valence-electron chi connectivity index (χ0n) is 16.6. The van der Waals surface area contributed by atoms with E-state index in [0.29, 0.717) is 23.8 Å². The largest absolute Gasteiger partial charge is 0.462 e. The van der Waals surface area contributed by atoms with E-state index in [2.05, 4.69) is 44.3 Å². The van der Waals surface area contributed by atoms with E-state index in [9.17, 15) is 4.79 Å². The standard InChI is InChI=1S/C23H21N5O2/c1-2-30-22(29)16-7-10-18(11-8-16)28(20-12-9-15-5-3-4-6-19(15)20)23-24-13-17-14-25-27-21(17)26-23/h3-8,10-11,13-14,20H,2,9,12H2,1H3,(H,24,25,26,27)/t20-/m0/s1. The summed E-state index contributed by atoms with van der Waals surface area (Å²) in [4.78, 5) is 23.5. The van der Waals surface area contributed by atoms with E-state index in [1.54, 1.807) is 31.5 Å². The maximum Gasteiger partial charge on any atom is 0.338 e. The highest BCUT2D eigenvalue weighted by Gasteiger charge is 2.31. The highest BCUT2D eigenvalue weighted by Crippen LogP contribution is 2.41. The molecular weight excluding hydrogens is 378 g/mol. The van der Waals surface area contributed by atoms with Crippen LogP contribution in [0.5, 0.6) is 0 Å². The van der Waals surface area contributed by atoms with E-state index in [1.165, 1.54) is 11.1 Å². The molecule has 0 radical (unpaired) electrons. The molecule has 0 saturated heterocycles. The molecule has 0 bridgehead atoms. The summed E-state index contributed by atoms with van der Waals surface area (Å²) in [5.74, 6) is 0.272. The van der Waals surface area contributed by atoms with Crippen LogP contribution in [0.2, 0.25) is 0 Å². The fourth-order valence-corrected chi connectivity index (χ4v) is 4.06. The summed E-state index contributed by atoms with van der Waals surface area (Å²) in [5.41, 5.74) is 4.76. The van der Waals surface area contributed by atoms with E-state index in [1.807, 2.05) is 12.1 Å². The number of aryl methyl sites for hydroxylation is 1.